The van der Waals surface area contributed by atoms with Crippen LogP contribution in [0.2, 0.25) is 0 Å². The Hall–Kier alpha value is -2.58. The van der Waals surface area contributed by atoms with Crippen LogP contribution in [0.3, 0.4) is 0 Å². The molecule has 0 bridgehead atoms. The van der Waals surface area contributed by atoms with E-state index in [1.807, 2.05) is 18.7 Å². The summed E-state index contributed by atoms with van der Waals surface area (Å²) in [7, 11) is 4.63. The Kier molecular flexibility index (Phi) is 6.44. The highest BCUT2D eigenvalue weighted by Crippen LogP contribution is 2.37. The number of hydrogen-bond acceptors (Lipinski definition) is 7. The molecule has 1 fully saturated rings. The summed E-state index contributed by atoms with van der Waals surface area (Å²) < 4.78 is 21.6. The molecule has 0 aromatic heterocycles. The molecule has 0 saturated carbocycles. The van der Waals surface area contributed by atoms with E-state index in [0.29, 0.717) is 41.4 Å². The van der Waals surface area contributed by atoms with Crippen molar-refractivity contribution in [2.24, 2.45) is 0 Å². The predicted molar refractivity (Wildman–Crippen MR) is 107 cm³/mol. The van der Waals surface area contributed by atoms with E-state index in [1.165, 1.54) is 12.0 Å². The molecule has 0 radical (unpaired) electrons. The summed E-state index contributed by atoms with van der Waals surface area (Å²) in [4.78, 5) is 29.7. The van der Waals surface area contributed by atoms with Crippen molar-refractivity contribution in [2.45, 2.75) is 26.1 Å². The number of carbonyl (C=O) groups excluding carboxylic acids is 2. The fraction of sp³-hybridized carbons (Fsp3) is 0.524. The zero-order valence-corrected chi connectivity index (χ0v) is 17.6. The number of amides is 2. The second-order valence-electron chi connectivity index (χ2n) is 7.21. The number of rotatable bonds is 7. The van der Waals surface area contributed by atoms with Gasteiger partial charge in [-0.3, -0.25) is 14.5 Å². The van der Waals surface area contributed by atoms with Crippen molar-refractivity contribution in [3.63, 3.8) is 0 Å². The lowest BCUT2D eigenvalue weighted by Crippen LogP contribution is -2.47. The summed E-state index contributed by atoms with van der Waals surface area (Å²) in [6.45, 7) is 5.47. The van der Waals surface area contributed by atoms with Crippen molar-refractivity contribution >= 4 is 17.4 Å². The zero-order chi connectivity index (χ0) is 21.1. The quantitative estimate of drug-likeness (QED) is 0.638. The van der Waals surface area contributed by atoms with E-state index in [9.17, 15) is 9.59 Å². The standard InChI is InChI=1S/C21H28N2O6/c1-13-11-22(12-14(2)29-13)19-18(20(24)23(21(19)25)8-9-26-3)15-6-7-16(27-4)17(10-15)28-5/h6-7,10,13-14H,8-9,11-12H2,1-5H3. The fourth-order valence-corrected chi connectivity index (χ4v) is 3.85. The van der Waals surface area contributed by atoms with Crippen LogP contribution >= 0.6 is 0 Å². The first kappa shape index (κ1) is 21.1. The molecule has 2 unspecified atom stereocenters. The van der Waals surface area contributed by atoms with Gasteiger partial charge in [0.25, 0.3) is 11.8 Å². The van der Waals surface area contributed by atoms with Gasteiger partial charge < -0.3 is 23.8 Å². The number of imide groups is 1. The van der Waals surface area contributed by atoms with Crippen LogP contribution in [-0.4, -0.2) is 81.4 Å². The van der Waals surface area contributed by atoms with Crippen LogP contribution in [0.5, 0.6) is 11.5 Å². The third-order valence-electron chi connectivity index (χ3n) is 5.07. The number of hydrogen-bond donors (Lipinski definition) is 0. The minimum absolute atomic E-state index is 0.0474. The molecule has 8 nitrogen and oxygen atoms in total. The summed E-state index contributed by atoms with van der Waals surface area (Å²) in [5, 5.41) is 0. The van der Waals surface area contributed by atoms with Crippen LogP contribution < -0.4 is 9.47 Å². The highest BCUT2D eigenvalue weighted by molar-refractivity contribution is 6.35. The van der Waals surface area contributed by atoms with E-state index in [0.717, 1.165) is 0 Å². The minimum Gasteiger partial charge on any atom is -0.493 e. The maximum Gasteiger partial charge on any atom is 0.277 e. The minimum atomic E-state index is -0.332. The maximum atomic E-state index is 13.3. The Labute approximate surface area is 171 Å². The molecule has 0 N–H and O–H groups in total. The van der Waals surface area contributed by atoms with E-state index < -0.39 is 0 Å². The van der Waals surface area contributed by atoms with E-state index in [-0.39, 0.29) is 37.2 Å². The SMILES string of the molecule is COCCN1C(=O)C(c2ccc(OC)c(OC)c2)=C(N2CC(C)OC(C)C2)C1=O. The molecule has 2 aliphatic heterocycles. The van der Waals surface area contributed by atoms with Gasteiger partial charge in [0.1, 0.15) is 5.70 Å². The third kappa shape index (κ3) is 4.09. The lowest BCUT2D eigenvalue weighted by atomic mass is 10.0. The molecule has 8 heteroatoms. The second-order valence-corrected chi connectivity index (χ2v) is 7.21. The topological polar surface area (TPSA) is 77.5 Å². The number of ether oxygens (including phenoxy) is 4. The van der Waals surface area contributed by atoms with Crippen molar-refractivity contribution in [1.29, 1.82) is 0 Å². The Morgan fingerprint density at radius 2 is 1.66 bits per heavy atom. The molecule has 2 atom stereocenters. The highest BCUT2D eigenvalue weighted by atomic mass is 16.5. The summed E-state index contributed by atoms with van der Waals surface area (Å²) in [5.74, 6) is 0.412. The lowest BCUT2D eigenvalue weighted by molar-refractivity contribution is -0.139. The second kappa shape index (κ2) is 8.84. The average molecular weight is 404 g/mol. The molecule has 0 spiro atoms. The van der Waals surface area contributed by atoms with Gasteiger partial charge in [-0.25, -0.2) is 0 Å². The third-order valence-corrected chi connectivity index (χ3v) is 5.07. The molecule has 2 aliphatic rings. The van der Waals surface area contributed by atoms with E-state index in [1.54, 1.807) is 32.4 Å². The fourth-order valence-electron chi connectivity index (χ4n) is 3.85. The van der Waals surface area contributed by atoms with Crippen LogP contribution in [0.15, 0.2) is 23.9 Å². The molecule has 2 amide bonds. The monoisotopic (exact) mass is 404 g/mol. The van der Waals surface area contributed by atoms with Gasteiger partial charge in [-0.05, 0) is 31.5 Å². The van der Waals surface area contributed by atoms with Crippen LogP contribution in [0.25, 0.3) is 5.57 Å². The van der Waals surface area contributed by atoms with Gasteiger partial charge in [0.2, 0.25) is 0 Å². The average Bonchev–Trinajstić information content (AvgIpc) is 2.95. The molecule has 158 valence electrons. The first-order valence-corrected chi connectivity index (χ1v) is 9.63. The van der Waals surface area contributed by atoms with Crippen LogP contribution in [0, 0.1) is 0 Å². The number of benzene rings is 1. The molecule has 2 heterocycles. The van der Waals surface area contributed by atoms with Crippen LogP contribution in [0.4, 0.5) is 0 Å². The summed E-state index contributed by atoms with van der Waals surface area (Å²) in [6, 6.07) is 5.24. The first-order chi connectivity index (χ1) is 13.9. The van der Waals surface area contributed by atoms with Crippen molar-refractivity contribution in [2.75, 3.05) is 47.6 Å². The van der Waals surface area contributed by atoms with Crippen LogP contribution in [-0.2, 0) is 19.1 Å². The largest absolute Gasteiger partial charge is 0.493 e. The van der Waals surface area contributed by atoms with E-state index in [4.69, 9.17) is 18.9 Å². The van der Waals surface area contributed by atoms with Gasteiger partial charge in [0, 0.05) is 20.2 Å². The highest BCUT2D eigenvalue weighted by Gasteiger charge is 2.43. The summed E-state index contributed by atoms with van der Waals surface area (Å²) in [6.07, 6.45) is -0.0948. The summed E-state index contributed by atoms with van der Waals surface area (Å²) >= 11 is 0. The normalized spacial score (nSPS) is 22.5. The van der Waals surface area contributed by atoms with Gasteiger partial charge >= 0.3 is 0 Å². The number of nitrogens with zero attached hydrogens (tertiary/aromatic N) is 2. The number of methoxy groups -OCH3 is 3. The van der Waals surface area contributed by atoms with Crippen molar-refractivity contribution in [1.82, 2.24) is 9.80 Å². The maximum absolute atomic E-state index is 13.3. The van der Waals surface area contributed by atoms with E-state index >= 15 is 0 Å². The first-order valence-electron chi connectivity index (χ1n) is 9.63. The Balaban J connectivity index is 2.09. The smallest absolute Gasteiger partial charge is 0.277 e. The molecule has 0 aliphatic carbocycles. The Morgan fingerprint density at radius 1 is 1.00 bits per heavy atom. The van der Waals surface area contributed by atoms with Gasteiger partial charge in [0.15, 0.2) is 11.5 Å². The van der Waals surface area contributed by atoms with Crippen molar-refractivity contribution < 1.29 is 28.5 Å². The van der Waals surface area contributed by atoms with Gasteiger partial charge in [-0.15, -0.1) is 0 Å². The molecule has 29 heavy (non-hydrogen) atoms. The summed E-state index contributed by atoms with van der Waals surface area (Å²) in [5.41, 5.74) is 1.39. The predicted octanol–water partition coefficient (Wildman–Crippen LogP) is 1.54. The number of morpholine rings is 1. The van der Waals surface area contributed by atoms with Crippen LogP contribution in [0.1, 0.15) is 19.4 Å². The van der Waals surface area contributed by atoms with E-state index in [2.05, 4.69) is 0 Å². The molecule has 1 aromatic rings. The zero-order valence-electron chi connectivity index (χ0n) is 17.6. The van der Waals surface area contributed by atoms with Crippen molar-refractivity contribution in [3.05, 3.63) is 29.5 Å². The molecular weight excluding hydrogens is 376 g/mol. The molecule has 1 saturated heterocycles. The Bertz CT molecular complexity index is 811. The lowest BCUT2D eigenvalue weighted by Gasteiger charge is -2.37. The number of carbonyl (C=O) groups is 2. The van der Waals surface area contributed by atoms with Gasteiger partial charge in [-0.1, -0.05) is 6.07 Å². The van der Waals surface area contributed by atoms with Gasteiger partial charge in [-0.2, -0.15) is 0 Å². The van der Waals surface area contributed by atoms with Gasteiger partial charge in [0.05, 0.1) is 45.2 Å². The molecule has 3 rings (SSSR count). The molecule has 1 aromatic carbocycles. The molecular formula is C21H28N2O6. The Morgan fingerprint density at radius 3 is 2.24 bits per heavy atom. The van der Waals surface area contributed by atoms with Crippen molar-refractivity contribution in [3.8, 4) is 11.5 Å².